The molecule has 2 aromatic heterocycles. The molecule has 0 spiro atoms. The fraction of sp³-hybridized carbons (Fsp3) is 0.188. The van der Waals surface area contributed by atoms with Gasteiger partial charge in [-0.1, -0.05) is 0 Å². The Morgan fingerprint density at radius 3 is 2.75 bits per heavy atom. The maximum absolute atomic E-state index is 11.1. The predicted octanol–water partition coefficient (Wildman–Crippen LogP) is 2.72. The molecule has 0 bridgehead atoms. The van der Waals surface area contributed by atoms with Gasteiger partial charge in [-0.3, -0.25) is 0 Å². The Morgan fingerprint density at radius 2 is 2.04 bits per heavy atom. The normalized spacial score (nSPS) is 11.0. The molecule has 0 aliphatic rings. The van der Waals surface area contributed by atoms with Crippen molar-refractivity contribution in [3.05, 3.63) is 36.5 Å². The van der Waals surface area contributed by atoms with E-state index in [0.717, 1.165) is 23.3 Å². The number of thiol groups is 1. The van der Waals surface area contributed by atoms with Crippen LogP contribution in [0.4, 0.5) is 17.2 Å². The number of fused-ring (bicyclic) bond motifs is 1. The van der Waals surface area contributed by atoms with Gasteiger partial charge < -0.3 is 20.4 Å². The molecule has 24 heavy (non-hydrogen) atoms. The van der Waals surface area contributed by atoms with Crippen LogP contribution >= 0.6 is 0 Å². The number of hydrogen-bond acceptors (Lipinski definition) is 6. The number of anilines is 3. The summed E-state index contributed by atoms with van der Waals surface area (Å²) < 4.78 is 27.5. The van der Waals surface area contributed by atoms with E-state index in [1.807, 2.05) is 25.3 Å². The van der Waals surface area contributed by atoms with E-state index in [1.165, 1.54) is 19.2 Å². The first-order valence-electron chi connectivity index (χ1n) is 7.44. The number of nitrogens with one attached hydrogen (secondary N) is 3. The van der Waals surface area contributed by atoms with E-state index in [4.69, 9.17) is 4.74 Å². The van der Waals surface area contributed by atoms with Crippen LogP contribution in [0.15, 0.2) is 41.4 Å². The zero-order valence-electron chi connectivity index (χ0n) is 13.3. The van der Waals surface area contributed by atoms with Crippen molar-refractivity contribution < 1.29 is 13.2 Å². The average Bonchev–Trinajstić information content (AvgIpc) is 3.04. The van der Waals surface area contributed by atoms with Crippen LogP contribution in [-0.2, 0) is 10.7 Å². The number of benzene rings is 1. The predicted molar refractivity (Wildman–Crippen MR) is 95.1 cm³/mol. The van der Waals surface area contributed by atoms with Crippen molar-refractivity contribution in [3.8, 4) is 5.75 Å². The Bertz CT molecular complexity index is 942. The molecule has 3 rings (SSSR count). The van der Waals surface area contributed by atoms with Crippen LogP contribution in [0.5, 0.6) is 5.75 Å². The highest BCUT2D eigenvalue weighted by Gasteiger charge is 2.10. The quantitative estimate of drug-likeness (QED) is 0.513. The number of rotatable bonds is 6. The summed E-state index contributed by atoms with van der Waals surface area (Å²) >= 11 is 0. The van der Waals surface area contributed by atoms with Gasteiger partial charge in [-0.05, 0) is 25.1 Å². The van der Waals surface area contributed by atoms with Crippen molar-refractivity contribution in [2.24, 2.45) is 0 Å². The molecule has 3 aromatic rings. The van der Waals surface area contributed by atoms with Crippen LogP contribution in [0.2, 0.25) is 0 Å². The Balaban J connectivity index is 2.00. The second-order valence-corrected chi connectivity index (χ2v) is 6.12. The summed E-state index contributed by atoms with van der Waals surface area (Å²) in [6.07, 6.45) is 1.84. The third kappa shape index (κ3) is 3.13. The third-order valence-corrected chi connectivity index (χ3v) is 4.25. The van der Waals surface area contributed by atoms with Gasteiger partial charge in [0.25, 0.3) is 0 Å². The molecule has 2 heterocycles. The lowest BCUT2D eigenvalue weighted by molar-refractivity contribution is 0.415. The standard InChI is InChI=1S/C16H18N4O3S/c1-3-17-13-9-15(20-16-11(13)6-7-18-16)19-12-5-4-10(24(21)22)8-14(12)23-2/h4-9,24H,3H2,1-2H3,(H3,17,18,19,20). The van der Waals surface area contributed by atoms with E-state index < -0.39 is 10.7 Å². The van der Waals surface area contributed by atoms with Crippen LogP contribution in [0.25, 0.3) is 11.0 Å². The zero-order chi connectivity index (χ0) is 17.1. The van der Waals surface area contributed by atoms with Crippen molar-refractivity contribution >= 4 is 38.9 Å². The minimum atomic E-state index is -2.65. The van der Waals surface area contributed by atoms with E-state index in [0.29, 0.717) is 17.3 Å². The molecule has 0 radical (unpaired) electrons. The van der Waals surface area contributed by atoms with E-state index in [9.17, 15) is 8.42 Å². The molecule has 0 aliphatic carbocycles. The minimum absolute atomic E-state index is 0.202. The summed E-state index contributed by atoms with van der Waals surface area (Å²) in [5.74, 6) is 1.06. The van der Waals surface area contributed by atoms with Gasteiger partial charge in [-0.25, -0.2) is 13.4 Å². The molecule has 3 N–H and O–H groups in total. The Morgan fingerprint density at radius 1 is 1.21 bits per heavy atom. The number of aromatic nitrogens is 2. The smallest absolute Gasteiger partial charge is 0.168 e. The fourth-order valence-corrected chi connectivity index (χ4v) is 2.89. The summed E-state index contributed by atoms with van der Waals surface area (Å²) in [5, 5.41) is 7.49. The highest BCUT2D eigenvalue weighted by molar-refractivity contribution is 7.72. The van der Waals surface area contributed by atoms with E-state index in [2.05, 4.69) is 20.6 Å². The molecule has 8 heteroatoms. The van der Waals surface area contributed by atoms with Crippen LogP contribution in [0.1, 0.15) is 6.92 Å². The van der Waals surface area contributed by atoms with Gasteiger partial charge in [-0.2, -0.15) is 0 Å². The molecular formula is C16H18N4O3S. The second-order valence-electron chi connectivity index (χ2n) is 5.09. The van der Waals surface area contributed by atoms with Crippen molar-refractivity contribution in [1.82, 2.24) is 9.97 Å². The van der Waals surface area contributed by atoms with Crippen molar-refractivity contribution in [2.75, 3.05) is 24.3 Å². The van der Waals surface area contributed by atoms with Gasteiger partial charge in [-0.15, -0.1) is 0 Å². The lowest BCUT2D eigenvalue weighted by atomic mass is 10.2. The Labute approximate surface area is 141 Å². The van der Waals surface area contributed by atoms with Crippen molar-refractivity contribution in [2.45, 2.75) is 11.8 Å². The second kappa shape index (κ2) is 6.79. The summed E-state index contributed by atoms with van der Waals surface area (Å²) in [6, 6.07) is 8.53. The number of ether oxygens (including phenoxy) is 1. The lowest BCUT2D eigenvalue weighted by Gasteiger charge is -2.13. The van der Waals surface area contributed by atoms with Gasteiger partial charge >= 0.3 is 0 Å². The molecule has 0 unspecified atom stereocenters. The van der Waals surface area contributed by atoms with Crippen LogP contribution in [0, 0.1) is 0 Å². The topological polar surface area (TPSA) is 96.1 Å². The number of methoxy groups -OCH3 is 1. The molecular weight excluding hydrogens is 328 g/mol. The average molecular weight is 346 g/mol. The zero-order valence-corrected chi connectivity index (χ0v) is 14.2. The van der Waals surface area contributed by atoms with Crippen molar-refractivity contribution in [1.29, 1.82) is 0 Å². The number of aromatic amines is 1. The van der Waals surface area contributed by atoms with Crippen molar-refractivity contribution in [3.63, 3.8) is 0 Å². The largest absolute Gasteiger partial charge is 0.495 e. The first-order chi connectivity index (χ1) is 11.6. The van der Waals surface area contributed by atoms with E-state index >= 15 is 0 Å². The maximum Gasteiger partial charge on any atom is 0.168 e. The molecule has 0 amide bonds. The Kier molecular flexibility index (Phi) is 4.57. The van der Waals surface area contributed by atoms with Gasteiger partial charge in [0.05, 0.1) is 17.7 Å². The van der Waals surface area contributed by atoms with Crippen LogP contribution in [-0.4, -0.2) is 32.0 Å². The fourth-order valence-electron chi connectivity index (χ4n) is 2.47. The number of hydrogen-bond donors (Lipinski definition) is 4. The third-order valence-electron chi connectivity index (χ3n) is 3.55. The van der Waals surface area contributed by atoms with Gasteiger partial charge in [0.1, 0.15) is 17.2 Å². The molecule has 7 nitrogen and oxygen atoms in total. The first kappa shape index (κ1) is 16.1. The number of H-pyrrole nitrogens is 1. The molecule has 0 saturated heterocycles. The van der Waals surface area contributed by atoms with Gasteiger partial charge in [0.15, 0.2) is 10.7 Å². The molecule has 126 valence electrons. The SMILES string of the molecule is CCNc1cc(Nc2ccc([SH](=O)=O)cc2OC)nc2[nH]ccc12. The van der Waals surface area contributed by atoms with Crippen LogP contribution < -0.4 is 15.4 Å². The molecule has 1 aromatic carbocycles. The minimum Gasteiger partial charge on any atom is -0.495 e. The first-order valence-corrected chi connectivity index (χ1v) is 8.61. The highest BCUT2D eigenvalue weighted by atomic mass is 32.2. The molecule has 0 saturated carbocycles. The Hall–Kier alpha value is -2.74. The summed E-state index contributed by atoms with van der Waals surface area (Å²) in [5.41, 5.74) is 2.36. The molecule has 0 atom stereocenters. The summed E-state index contributed by atoms with van der Waals surface area (Å²) in [6.45, 7) is 2.82. The summed E-state index contributed by atoms with van der Waals surface area (Å²) in [4.78, 5) is 7.82. The number of pyridine rings is 1. The monoisotopic (exact) mass is 346 g/mol. The number of nitrogens with zero attached hydrogens (tertiary/aromatic N) is 1. The van der Waals surface area contributed by atoms with Crippen LogP contribution in [0.3, 0.4) is 0 Å². The molecule has 0 aliphatic heterocycles. The summed E-state index contributed by atoms with van der Waals surface area (Å²) in [7, 11) is -1.16. The highest BCUT2D eigenvalue weighted by Crippen LogP contribution is 2.31. The van der Waals surface area contributed by atoms with E-state index in [-0.39, 0.29) is 4.90 Å². The van der Waals surface area contributed by atoms with E-state index in [1.54, 1.807) is 6.07 Å². The van der Waals surface area contributed by atoms with Gasteiger partial charge in [0, 0.05) is 35.9 Å². The maximum atomic E-state index is 11.1. The molecule has 0 fully saturated rings. The van der Waals surface area contributed by atoms with Gasteiger partial charge in [0.2, 0.25) is 0 Å². The lowest BCUT2D eigenvalue weighted by Crippen LogP contribution is -2.01.